The van der Waals surface area contributed by atoms with Crippen LogP contribution in [0.3, 0.4) is 0 Å². The van der Waals surface area contributed by atoms with Gasteiger partial charge in [0.15, 0.2) is 0 Å². The van der Waals surface area contributed by atoms with Gasteiger partial charge in [0.25, 0.3) is 0 Å². The van der Waals surface area contributed by atoms with Crippen LogP contribution in [0.5, 0.6) is 0 Å². The Morgan fingerprint density at radius 2 is 1.94 bits per heavy atom. The number of carbonyl (C=O) groups is 2. The van der Waals surface area contributed by atoms with Crippen LogP contribution >= 0.6 is 23.4 Å². The van der Waals surface area contributed by atoms with Crippen molar-refractivity contribution in [3.05, 3.63) is 70.9 Å². The highest BCUT2D eigenvalue weighted by molar-refractivity contribution is 8.15. The molecule has 0 radical (unpaired) electrons. The second-order valence-corrected chi connectivity index (χ2v) is 8.97. The topological polar surface area (TPSA) is 79.8 Å². The minimum absolute atomic E-state index is 0.0718. The average Bonchev–Trinajstić information content (AvgIpc) is 2.93. The number of nitrogens with one attached hydrogen (secondary N) is 2. The van der Waals surface area contributed by atoms with Gasteiger partial charge in [0.05, 0.1) is 34.7 Å². The van der Waals surface area contributed by atoms with Gasteiger partial charge in [-0.15, -0.1) is 0 Å². The first-order valence-corrected chi connectivity index (χ1v) is 11.7. The van der Waals surface area contributed by atoms with E-state index in [1.54, 1.807) is 13.0 Å². The Morgan fingerprint density at radius 3 is 2.69 bits per heavy atom. The molecular formula is C24H26ClN3O3S. The molecule has 3 rings (SSSR count). The minimum Gasteiger partial charge on any atom is -0.466 e. The Labute approximate surface area is 197 Å². The van der Waals surface area contributed by atoms with Gasteiger partial charge in [0, 0.05) is 17.3 Å². The number of hydrogen-bond donors (Lipinski definition) is 2. The number of halogens is 1. The molecule has 0 unspecified atom stereocenters. The molecule has 168 valence electrons. The highest BCUT2D eigenvalue weighted by atomic mass is 35.5. The largest absolute Gasteiger partial charge is 0.466 e. The van der Waals surface area contributed by atoms with Crippen molar-refractivity contribution in [2.24, 2.45) is 4.99 Å². The number of benzene rings is 2. The van der Waals surface area contributed by atoms with Crippen LogP contribution in [0.25, 0.3) is 0 Å². The third-order valence-electron chi connectivity index (χ3n) is 4.66. The summed E-state index contributed by atoms with van der Waals surface area (Å²) in [6.07, 6.45) is 2.63. The van der Waals surface area contributed by atoms with Crippen LogP contribution in [0.15, 0.2) is 65.3 Å². The van der Waals surface area contributed by atoms with Gasteiger partial charge in [-0.2, -0.15) is 0 Å². The first-order valence-electron chi connectivity index (χ1n) is 10.4. The van der Waals surface area contributed by atoms with Gasteiger partial charge in [-0.05, 0) is 56.2 Å². The molecule has 0 saturated carbocycles. The molecule has 0 fully saturated rings. The number of ether oxygens (including phenoxy) is 1. The van der Waals surface area contributed by atoms with E-state index in [1.807, 2.05) is 55.5 Å². The maximum absolute atomic E-state index is 12.6. The third-order valence-corrected chi connectivity index (χ3v) is 5.93. The van der Waals surface area contributed by atoms with Gasteiger partial charge in [0.2, 0.25) is 5.91 Å². The molecule has 6 nitrogen and oxygen atoms in total. The van der Waals surface area contributed by atoms with Gasteiger partial charge in [0.1, 0.15) is 0 Å². The molecule has 1 heterocycles. The van der Waals surface area contributed by atoms with E-state index in [1.165, 1.54) is 11.8 Å². The Morgan fingerprint density at radius 1 is 1.19 bits per heavy atom. The Hall–Kier alpha value is -2.77. The molecule has 8 heteroatoms. The highest BCUT2D eigenvalue weighted by Crippen LogP contribution is 2.32. The molecule has 2 aromatic carbocycles. The molecule has 2 N–H and O–H groups in total. The van der Waals surface area contributed by atoms with Crippen molar-refractivity contribution in [2.45, 2.75) is 31.9 Å². The molecule has 0 aliphatic carbocycles. The zero-order valence-electron chi connectivity index (χ0n) is 18.1. The van der Waals surface area contributed by atoms with Crippen molar-refractivity contribution in [3.8, 4) is 0 Å². The summed E-state index contributed by atoms with van der Waals surface area (Å²) in [5.41, 5.74) is 3.34. The molecule has 1 atom stereocenters. The normalized spacial score (nSPS) is 13.6. The minimum atomic E-state index is -0.357. The van der Waals surface area contributed by atoms with Gasteiger partial charge < -0.3 is 15.4 Å². The number of esters is 1. The van der Waals surface area contributed by atoms with E-state index in [4.69, 9.17) is 21.3 Å². The standard InChI is InChI=1S/C24H26ClN3O3S/c1-3-31-23(29)15-19-14-22(28-21-7-5-4-6-20(21)27-19)32-16(2)24(30)26-13-12-17-8-10-18(25)11-9-17/h4-11,14,16,27H,3,12-13,15H2,1-2H3,(H,26,30)/t16-/m0/s1. The summed E-state index contributed by atoms with van der Waals surface area (Å²) < 4.78 is 5.08. The summed E-state index contributed by atoms with van der Waals surface area (Å²) in [5.74, 6) is -0.388. The van der Waals surface area contributed by atoms with E-state index in [2.05, 4.69) is 10.6 Å². The van der Waals surface area contributed by atoms with Crippen molar-refractivity contribution >= 4 is 51.7 Å². The highest BCUT2D eigenvalue weighted by Gasteiger charge is 2.19. The summed E-state index contributed by atoms with van der Waals surface area (Å²) >= 11 is 7.26. The molecule has 0 bridgehead atoms. The summed E-state index contributed by atoms with van der Waals surface area (Å²) in [6.45, 7) is 4.48. The monoisotopic (exact) mass is 471 g/mol. The number of rotatable bonds is 8. The number of para-hydroxylation sites is 2. The van der Waals surface area contributed by atoms with Crippen LogP contribution in [0.2, 0.25) is 5.02 Å². The fourth-order valence-corrected chi connectivity index (χ4v) is 4.11. The predicted molar refractivity (Wildman–Crippen MR) is 132 cm³/mol. The zero-order chi connectivity index (χ0) is 22.9. The van der Waals surface area contributed by atoms with Crippen LogP contribution in [0.1, 0.15) is 25.8 Å². The quantitative estimate of drug-likeness (QED) is 0.523. The molecule has 1 aliphatic rings. The fraction of sp³-hybridized carbons (Fsp3) is 0.292. The lowest BCUT2D eigenvalue weighted by Gasteiger charge is -2.12. The number of thioether (sulfide) groups is 1. The van der Waals surface area contributed by atoms with Crippen LogP contribution in [0.4, 0.5) is 11.4 Å². The van der Waals surface area contributed by atoms with E-state index >= 15 is 0 Å². The third kappa shape index (κ3) is 7.14. The lowest BCUT2D eigenvalue weighted by atomic mass is 10.1. The van der Waals surface area contributed by atoms with Crippen molar-refractivity contribution in [3.63, 3.8) is 0 Å². The molecule has 0 aromatic heterocycles. The van der Waals surface area contributed by atoms with Crippen LogP contribution in [-0.4, -0.2) is 35.3 Å². The Bertz CT molecular complexity index is 1020. The number of aliphatic imine (C=N–C) groups is 1. The Balaban J connectivity index is 1.64. The summed E-state index contributed by atoms with van der Waals surface area (Å²) in [7, 11) is 0. The van der Waals surface area contributed by atoms with Gasteiger partial charge in [-0.1, -0.05) is 47.6 Å². The number of anilines is 1. The maximum Gasteiger partial charge on any atom is 0.311 e. The van der Waals surface area contributed by atoms with E-state index in [-0.39, 0.29) is 23.5 Å². The second-order valence-electron chi connectivity index (χ2n) is 7.17. The van der Waals surface area contributed by atoms with Crippen LogP contribution in [0, 0.1) is 0 Å². The first kappa shape index (κ1) is 23.9. The van der Waals surface area contributed by atoms with Gasteiger partial charge in [-0.25, -0.2) is 4.99 Å². The van der Waals surface area contributed by atoms with E-state index < -0.39 is 0 Å². The predicted octanol–water partition coefficient (Wildman–Crippen LogP) is 5.11. The zero-order valence-corrected chi connectivity index (χ0v) is 19.6. The number of hydrogen-bond acceptors (Lipinski definition) is 6. The van der Waals surface area contributed by atoms with Crippen molar-refractivity contribution in [2.75, 3.05) is 18.5 Å². The first-order chi connectivity index (χ1) is 15.4. The van der Waals surface area contributed by atoms with Crippen molar-refractivity contribution in [1.82, 2.24) is 5.32 Å². The van der Waals surface area contributed by atoms with E-state index in [0.717, 1.165) is 23.4 Å². The SMILES string of the molecule is CCOC(=O)CC1=CC(S[C@@H](C)C(=O)NCCc2ccc(Cl)cc2)=Nc2ccccc2N1. The Kier molecular flexibility index (Phi) is 8.76. The number of fused-ring (bicyclic) bond motifs is 1. The van der Waals surface area contributed by atoms with Gasteiger partial charge >= 0.3 is 5.97 Å². The number of carbonyl (C=O) groups excluding carboxylic acids is 2. The lowest BCUT2D eigenvalue weighted by molar-refractivity contribution is -0.142. The smallest absolute Gasteiger partial charge is 0.311 e. The average molecular weight is 472 g/mol. The van der Waals surface area contributed by atoms with Crippen molar-refractivity contribution in [1.29, 1.82) is 0 Å². The van der Waals surface area contributed by atoms with Crippen LogP contribution < -0.4 is 10.6 Å². The molecule has 32 heavy (non-hydrogen) atoms. The second kappa shape index (κ2) is 11.7. The van der Waals surface area contributed by atoms with E-state index in [0.29, 0.717) is 28.9 Å². The molecule has 1 amide bonds. The molecule has 2 aromatic rings. The number of amides is 1. The van der Waals surface area contributed by atoms with E-state index in [9.17, 15) is 9.59 Å². The fourth-order valence-electron chi connectivity index (χ4n) is 3.07. The van der Waals surface area contributed by atoms with Crippen molar-refractivity contribution < 1.29 is 14.3 Å². The summed E-state index contributed by atoms with van der Waals surface area (Å²) in [5, 5.41) is 7.22. The molecular weight excluding hydrogens is 446 g/mol. The maximum atomic E-state index is 12.6. The lowest BCUT2D eigenvalue weighted by Crippen LogP contribution is -2.33. The summed E-state index contributed by atoms with van der Waals surface area (Å²) in [4.78, 5) is 29.3. The van der Waals surface area contributed by atoms with Crippen LogP contribution in [-0.2, 0) is 20.7 Å². The summed E-state index contributed by atoms with van der Waals surface area (Å²) in [6, 6.07) is 15.2. The molecule has 0 spiro atoms. The molecule has 1 aliphatic heterocycles. The number of nitrogens with zero attached hydrogens (tertiary/aromatic N) is 1. The molecule has 0 saturated heterocycles. The van der Waals surface area contributed by atoms with Gasteiger partial charge in [-0.3, -0.25) is 9.59 Å².